The van der Waals surface area contributed by atoms with Gasteiger partial charge >= 0.3 is 0 Å². The molecule has 1 unspecified atom stereocenters. The molecule has 0 saturated heterocycles. The number of amides is 1. The highest BCUT2D eigenvalue weighted by atomic mass is 16.5. The number of aliphatic imine (C=N–C) groups is 1. The van der Waals surface area contributed by atoms with E-state index >= 15 is 0 Å². The Morgan fingerprint density at radius 2 is 1.87 bits per heavy atom. The fourth-order valence-electron chi connectivity index (χ4n) is 3.43. The lowest BCUT2D eigenvalue weighted by Gasteiger charge is -2.33. The van der Waals surface area contributed by atoms with Gasteiger partial charge in [-0.3, -0.25) is 19.4 Å². The summed E-state index contributed by atoms with van der Waals surface area (Å²) in [5.41, 5.74) is 1.26. The molecule has 1 aromatic carbocycles. The maximum atomic E-state index is 13.3. The number of ether oxygens (including phenoxy) is 2. The lowest BCUT2D eigenvalue weighted by Crippen LogP contribution is -2.55. The zero-order chi connectivity index (χ0) is 21.7. The molecule has 156 valence electrons. The lowest BCUT2D eigenvalue weighted by atomic mass is 9.83. The summed E-state index contributed by atoms with van der Waals surface area (Å²) in [6, 6.07) is 8.98. The second kappa shape index (κ2) is 9.41. The molecule has 1 amide bonds. The Kier molecular flexibility index (Phi) is 6.68. The number of hydrogen-bond donors (Lipinski definition) is 0. The molecule has 3 rings (SSSR count). The molecule has 0 bridgehead atoms. The van der Waals surface area contributed by atoms with Crippen molar-refractivity contribution in [1.82, 2.24) is 9.88 Å². The monoisotopic (exact) mass is 409 g/mol. The van der Waals surface area contributed by atoms with Crippen LogP contribution in [0.15, 0.2) is 47.6 Å². The van der Waals surface area contributed by atoms with Gasteiger partial charge in [-0.1, -0.05) is 30.3 Å². The molecule has 1 aliphatic rings. The van der Waals surface area contributed by atoms with E-state index in [0.29, 0.717) is 11.4 Å². The Balaban J connectivity index is 2.09. The standard InChI is InChI=1S/C22H23N3O5/c1-14(26)25(11-12-29-2)19-18(24-13-15-7-6-10-23-22(15)30-3)20(27)16-8-4-5-9-17(16)21(19)28/h4-10,19H,11-13H2,1-3H3. The van der Waals surface area contributed by atoms with Gasteiger partial charge in [0, 0.05) is 43.5 Å². The molecule has 0 aliphatic heterocycles. The molecule has 1 atom stereocenters. The van der Waals surface area contributed by atoms with E-state index in [1.165, 1.54) is 26.0 Å². The number of pyridine rings is 1. The van der Waals surface area contributed by atoms with Gasteiger partial charge in [0.15, 0.2) is 5.78 Å². The number of rotatable bonds is 7. The predicted octanol–water partition coefficient (Wildman–Crippen LogP) is 1.97. The van der Waals surface area contributed by atoms with Crippen LogP contribution in [0, 0.1) is 0 Å². The van der Waals surface area contributed by atoms with Gasteiger partial charge in [0.1, 0.15) is 11.8 Å². The van der Waals surface area contributed by atoms with E-state index in [9.17, 15) is 14.4 Å². The third-order valence-electron chi connectivity index (χ3n) is 4.89. The summed E-state index contributed by atoms with van der Waals surface area (Å²) in [6.07, 6.45) is 1.59. The van der Waals surface area contributed by atoms with Gasteiger partial charge in [-0.05, 0) is 6.07 Å². The molecule has 8 nitrogen and oxygen atoms in total. The fourth-order valence-corrected chi connectivity index (χ4v) is 3.43. The van der Waals surface area contributed by atoms with E-state index in [4.69, 9.17) is 9.47 Å². The van der Waals surface area contributed by atoms with Crippen LogP contribution in [0.1, 0.15) is 33.2 Å². The summed E-state index contributed by atoms with van der Waals surface area (Å²) in [6.45, 7) is 1.82. The zero-order valence-corrected chi connectivity index (χ0v) is 17.1. The van der Waals surface area contributed by atoms with E-state index in [2.05, 4.69) is 9.98 Å². The van der Waals surface area contributed by atoms with Gasteiger partial charge in [-0.15, -0.1) is 0 Å². The van der Waals surface area contributed by atoms with Crippen molar-refractivity contribution in [3.8, 4) is 5.88 Å². The third-order valence-corrected chi connectivity index (χ3v) is 4.89. The van der Waals surface area contributed by atoms with Crippen LogP contribution in [0.4, 0.5) is 0 Å². The van der Waals surface area contributed by atoms with E-state index in [1.807, 2.05) is 0 Å². The van der Waals surface area contributed by atoms with Gasteiger partial charge in [-0.25, -0.2) is 4.98 Å². The minimum absolute atomic E-state index is 0.0240. The fraction of sp³-hybridized carbons (Fsp3) is 0.318. The van der Waals surface area contributed by atoms with Crippen LogP contribution in [-0.4, -0.2) is 66.5 Å². The van der Waals surface area contributed by atoms with Crippen molar-refractivity contribution in [3.63, 3.8) is 0 Å². The smallest absolute Gasteiger partial charge is 0.220 e. The molecule has 0 spiro atoms. The first kappa shape index (κ1) is 21.3. The largest absolute Gasteiger partial charge is 0.481 e. The normalized spacial score (nSPS) is 17.0. The number of hydrogen-bond acceptors (Lipinski definition) is 7. The van der Waals surface area contributed by atoms with Crippen LogP contribution in [0.5, 0.6) is 5.88 Å². The number of ketones is 2. The Labute approximate surface area is 174 Å². The summed E-state index contributed by atoms with van der Waals surface area (Å²) in [5.74, 6) is -0.671. The summed E-state index contributed by atoms with van der Waals surface area (Å²) < 4.78 is 10.3. The topological polar surface area (TPSA) is 98.2 Å². The summed E-state index contributed by atoms with van der Waals surface area (Å²) >= 11 is 0. The molecule has 2 aromatic rings. The molecule has 0 radical (unpaired) electrons. The highest BCUT2D eigenvalue weighted by molar-refractivity contribution is 6.55. The van der Waals surface area contributed by atoms with Gasteiger partial charge in [0.05, 0.1) is 20.3 Å². The maximum absolute atomic E-state index is 13.3. The van der Waals surface area contributed by atoms with Crippen molar-refractivity contribution in [2.24, 2.45) is 4.99 Å². The first-order valence-corrected chi connectivity index (χ1v) is 9.45. The molecule has 0 saturated carbocycles. The average Bonchev–Trinajstić information content (AvgIpc) is 2.76. The van der Waals surface area contributed by atoms with Crippen molar-refractivity contribution in [3.05, 3.63) is 59.3 Å². The van der Waals surface area contributed by atoms with Crippen LogP contribution < -0.4 is 4.74 Å². The zero-order valence-electron chi connectivity index (χ0n) is 17.1. The summed E-state index contributed by atoms with van der Waals surface area (Å²) in [5, 5.41) is 0. The first-order valence-electron chi connectivity index (χ1n) is 9.45. The molecular formula is C22H23N3O5. The number of carbonyl (C=O) groups is 3. The second-order valence-corrected chi connectivity index (χ2v) is 6.72. The van der Waals surface area contributed by atoms with Crippen molar-refractivity contribution in [2.75, 3.05) is 27.4 Å². The maximum Gasteiger partial charge on any atom is 0.220 e. The number of methoxy groups -OCH3 is 2. The van der Waals surface area contributed by atoms with E-state index < -0.39 is 6.04 Å². The Hall–Kier alpha value is -3.39. The lowest BCUT2D eigenvalue weighted by molar-refractivity contribution is -0.129. The van der Waals surface area contributed by atoms with Crippen molar-refractivity contribution >= 4 is 23.2 Å². The average molecular weight is 409 g/mol. The van der Waals surface area contributed by atoms with Crippen molar-refractivity contribution < 1.29 is 23.9 Å². The number of fused-ring (bicyclic) bond motifs is 1. The quantitative estimate of drug-likeness (QED) is 0.694. The minimum atomic E-state index is -1.11. The Bertz CT molecular complexity index is 1000. The van der Waals surface area contributed by atoms with Crippen LogP contribution >= 0.6 is 0 Å². The van der Waals surface area contributed by atoms with Crippen molar-refractivity contribution in [2.45, 2.75) is 19.5 Å². The molecule has 0 N–H and O–H groups in total. The Morgan fingerprint density at radius 1 is 1.13 bits per heavy atom. The van der Waals surface area contributed by atoms with Gasteiger partial charge in [-0.2, -0.15) is 0 Å². The summed E-state index contributed by atoms with van der Waals surface area (Å²) in [4.78, 5) is 48.9. The van der Waals surface area contributed by atoms with Crippen LogP contribution in [0.2, 0.25) is 0 Å². The molecule has 1 heterocycles. The number of carbonyl (C=O) groups excluding carboxylic acids is 3. The van der Waals surface area contributed by atoms with Crippen molar-refractivity contribution in [1.29, 1.82) is 0 Å². The number of Topliss-reactive ketones (excluding diaryl/α,β-unsaturated/α-hetero) is 2. The molecule has 1 aliphatic carbocycles. The van der Waals surface area contributed by atoms with Gasteiger partial charge in [0.2, 0.25) is 17.6 Å². The van der Waals surface area contributed by atoms with Crippen LogP contribution in [0.25, 0.3) is 0 Å². The van der Waals surface area contributed by atoms with E-state index in [1.54, 1.807) is 42.6 Å². The van der Waals surface area contributed by atoms with E-state index in [-0.39, 0.29) is 54.0 Å². The highest BCUT2D eigenvalue weighted by Crippen LogP contribution is 2.25. The Morgan fingerprint density at radius 3 is 2.53 bits per heavy atom. The van der Waals surface area contributed by atoms with Gasteiger partial charge < -0.3 is 14.4 Å². The molecule has 8 heteroatoms. The SMILES string of the molecule is COCCN(C(C)=O)C1C(=O)c2ccccc2C(=O)C1=NCc1cccnc1OC. The molecule has 0 fully saturated rings. The number of aromatic nitrogens is 1. The predicted molar refractivity (Wildman–Crippen MR) is 110 cm³/mol. The second-order valence-electron chi connectivity index (χ2n) is 6.72. The van der Waals surface area contributed by atoms with E-state index in [0.717, 1.165) is 0 Å². The summed E-state index contributed by atoms with van der Waals surface area (Å²) in [7, 11) is 3.00. The third kappa shape index (κ3) is 4.13. The molecule has 30 heavy (non-hydrogen) atoms. The van der Waals surface area contributed by atoms with Gasteiger partial charge in [0.25, 0.3) is 0 Å². The first-order chi connectivity index (χ1) is 14.5. The number of benzene rings is 1. The number of nitrogens with zero attached hydrogens (tertiary/aromatic N) is 3. The minimum Gasteiger partial charge on any atom is -0.481 e. The van der Waals surface area contributed by atoms with Crippen LogP contribution in [0.3, 0.4) is 0 Å². The molecular weight excluding hydrogens is 386 g/mol. The van der Waals surface area contributed by atoms with Crippen LogP contribution in [-0.2, 0) is 16.1 Å². The molecule has 1 aromatic heterocycles. The highest BCUT2D eigenvalue weighted by Gasteiger charge is 2.42.